The van der Waals surface area contributed by atoms with Crippen LogP contribution in [0.5, 0.6) is 5.75 Å². The van der Waals surface area contributed by atoms with Crippen molar-refractivity contribution in [1.82, 2.24) is 0 Å². The van der Waals surface area contributed by atoms with Crippen LogP contribution in [0.15, 0.2) is 18.2 Å². The monoisotopic (exact) mass is 159 g/mol. The Balaban J connectivity index is 2.44. The smallest absolute Gasteiger partial charge is 0.262 e. The minimum Gasteiger partial charge on any atom is -0.482 e. The fraction of sp³-hybridized carbons (Fsp3) is 0.125. The number of nitrogens with one attached hydrogen (secondary N) is 1. The molecule has 0 saturated carbocycles. The zero-order valence-corrected chi connectivity index (χ0v) is 6.33. The Morgan fingerprint density at radius 1 is 1.50 bits per heavy atom. The predicted octanol–water partition coefficient (Wildman–Crippen LogP) is -0.189. The van der Waals surface area contributed by atoms with E-state index in [1.54, 1.807) is 18.2 Å². The first-order valence-electron chi connectivity index (χ1n) is 3.58. The van der Waals surface area contributed by atoms with E-state index in [1.807, 2.05) is 0 Å². The molecule has 1 aliphatic heterocycles. The molecule has 0 unspecified atom stereocenters. The van der Waals surface area contributed by atoms with Crippen LogP contribution in [-0.2, 0) is 4.79 Å². The summed E-state index contributed by atoms with van der Waals surface area (Å²) < 4.78 is 5.12. The van der Waals surface area contributed by atoms with Gasteiger partial charge in [0.2, 0.25) is 0 Å². The van der Waals surface area contributed by atoms with Gasteiger partial charge in [0.15, 0.2) is 6.61 Å². The van der Waals surface area contributed by atoms with E-state index < -0.39 is 0 Å². The summed E-state index contributed by atoms with van der Waals surface area (Å²) in [5.74, 6) is 0.525. The number of carbonyl (C=O) groups excluding carboxylic acids is 1. The third-order valence-corrected chi connectivity index (χ3v) is 1.64. The van der Waals surface area contributed by atoms with Gasteiger partial charge in [0, 0.05) is 0 Å². The summed E-state index contributed by atoms with van der Waals surface area (Å²) in [5, 5.41) is 2.66. The first-order chi connectivity index (χ1) is 5.75. The summed E-state index contributed by atoms with van der Waals surface area (Å²) in [6.45, 7) is 0.0803. The molecule has 1 amide bonds. The Labute approximate surface area is 71.1 Å². The lowest BCUT2D eigenvalue weighted by atomic mass is 9.95. The Morgan fingerprint density at radius 3 is 3.17 bits per heavy atom. The van der Waals surface area contributed by atoms with Crippen molar-refractivity contribution >= 4 is 24.9 Å². The molecule has 12 heavy (non-hydrogen) atoms. The average Bonchev–Trinajstić information content (AvgIpc) is 2.03. The van der Waals surface area contributed by atoms with Crippen LogP contribution < -0.4 is 15.5 Å². The molecule has 0 atom stereocenters. The third kappa shape index (κ3) is 1.16. The van der Waals surface area contributed by atoms with Crippen molar-refractivity contribution in [3.8, 4) is 5.75 Å². The van der Waals surface area contributed by atoms with Crippen LogP contribution in [0.1, 0.15) is 0 Å². The zero-order valence-electron chi connectivity index (χ0n) is 6.33. The number of ether oxygens (including phenoxy) is 1. The quantitative estimate of drug-likeness (QED) is 0.532. The number of benzene rings is 1. The average molecular weight is 159 g/mol. The fourth-order valence-electron chi connectivity index (χ4n) is 1.10. The standard InChI is InChI=1S/C8H6BNO2/c9-5-1-2-7-6(3-5)10-8(11)4-12-7/h1-3H,4H2,(H,10,11). The summed E-state index contributed by atoms with van der Waals surface area (Å²) in [6, 6.07) is 5.15. The molecule has 0 fully saturated rings. The van der Waals surface area contributed by atoms with E-state index in [9.17, 15) is 4.79 Å². The normalized spacial score (nSPS) is 14.5. The van der Waals surface area contributed by atoms with Gasteiger partial charge in [-0.25, -0.2) is 0 Å². The van der Waals surface area contributed by atoms with Crippen molar-refractivity contribution in [2.24, 2.45) is 0 Å². The van der Waals surface area contributed by atoms with Gasteiger partial charge in [-0.15, -0.1) is 0 Å². The van der Waals surface area contributed by atoms with Crippen LogP contribution in [0, 0.1) is 0 Å². The molecule has 2 radical (unpaired) electrons. The highest BCUT2D eigenvalue weighted by Gasteiger charge is 2.14. The number of hydrogen-bond acceptors (Lipinski definition) is 2. The van der Waals surface area contributed by atoms with Gasteiger partial charge in [-0.05, 0) is 12.1 Å². The SMILES string of the molecule is [B]c1ccc2c(c1)NC(=O)CO2. The van der Waals surface area contributed by atoms with Gasteiger partial charge < -0.3 is 10.1 Å². The van der Waals surface area contributed by atoms with Crippen molar-refractivity contribution < 1.29 is 9.53 Å². The van der Waals surface area contributed by atoms with Crippen LogP contribution >= 0.6 is 0 Å². The Bertz CT molecular complexity index is 338. The largest absolute Gasteiger partial charge is 0.482 e. The topological polar surface area (TPSA) is 38.3 Å². The maximum Gasteiger partial charge on any atom is 0.262 e. The van der Waals surface area contributed by atoms with Crippen molar-refractivity contribution in [2.45, 2.75) is 0 Å². The maximum atomic E-state index is 10.9. The van der Waals surface area contributed by atoms with E-state index >= 15 is 0 Å². The molecule has 4 heteroatoms. The molecule has 0 spiro atoms. The highest BCUT2D eigenvalue weighted by molar-refractivity contribution is 6.32. The molecular formula is C8H6BNO2. The summed E-state index contributed by atoms with van der Waals surface area (Å²) >= 11 is 0. The number of rotatable bonds is 0. The van der Waals surface area contributed by atoms with Crippen LogP contribution in [0.2, 0.25) is 0 Å². The Hall–Kier alpha value is -1.45. The van der Waals surface area contributed by atoms with Gasteiger partial charge in [-0.2, -0.15) is 0 Å². The van der Waals surface area contributed by atoms with Crippen LogP contribution in [0.4, 0.5) is 5.69 Å². The van der Waals surface area contributed by atoms with Gasteiger partial charge in [0.25, 0.3) is 5.91 Å². The second-order valence-corrected chi connectivity index (χ2v) is 2.59. The summed E-state index contributed by atoms with van der Waals surface area (Å²) in [5.41, 5.74) is 1.26. The molecule has 0 aromatic heterocycles. The van der Waals surface area contributed by atoms with Crippen molar-refractivity contribution in [3.05, 3.63) is 18.2 Å². The molecule has 1 N–H and O–H groups in total. The number of fused-ring (bicyclic) bond motifs is 1. The Morgan fingerprint density at radius 2 is 2.33 bits per heavy atom. The highest BCUT2D eigenvalue weighted by atomic mass is 16.5. The number of amides is 1. The van der Waals surface area contributed by atoms with Crippen molar-refractivity contribution in [1.29, 1.82) is 0 Å². The van der Waals surface area contributed by atoms with Gasteiger partial charge in [0.1, 0.15) is 13.6 Å². The molecule has 0 saturated heterocycles. The molecule has 1 heterocycles. The summed E-state index contributed by atoms with van der Waals surface area (Å²) in [4.78, 5) is 10.9. The van der Waals surface area contributed by atoms with E-state index in [-0.39, 0.29) is 12.5 Å². The second kappa shape index (κ2) is 2.55. The van der Waals surface area contributed by atoms with Crippen LogP contribution in [-0.4, -0.2) is 20.4 Å². The van der Waals surface area contributed by atoms with E-state index in [2.05, 4.69) is 5.32 Å². The molecule has 58 valence electrons. The van der Waals surface area contributed by atoms with E-state index in [1.165, 1.54) is 0 Å². The summed E-state index contributed by atoms with van der Waals surface area (Å²) in [7, 11) is 5.52. The summed E-state index contributed by atoms with van der Waals surface area (Å²) in [6.07, 6.45) is 0. The fourth-order valence-corrected chi connectivity index (χ4v) is 1.10. The third-order valence-electron chi connectivity index (χ3n) is 1.64. The number of anilines is 1. The van der Waals surface area contributed by atoms with Crippen LogP contribution in [0.3, 0.4) is 0 Å². The van der Waals surface area contributed by atoms with E-state index in [4.69, 9.17) is 12.6 Å². The lowest BCUT2D eigenvalue weighted by Crippen LogP contribution is -2.26. The lowest BCUT2D eigenvalue weighted by Gasteiger charge is -2.17. The first-order valence-corrected chi connectivity index (χ1v) is 3.58. The van der Waals surface area contributed by atoms with Gasteiger partial charge in [-0.3, -0.25) is 4.79 Å². The molecule has 0 bridgehead atoms. The molecule has 1 aromatic rings. The van der Waals surface area contributed by atoms with E-state index in [0.29, 0.717) is 16.9 Å². The lowest BCUT2D eigenvalue weighted by molar-refractivity contribution is -0.118. The molecule has 1 aliphatic rings. The minimum absolute atomic E-state index is 0.0803. The van der Waals surface area contributed by atoms with Crippen molar-refractivity contribution in [3.63, 3.8) is 0 Å². The van der Waals surface area contributed by atoms with E-state index in [0.717, 1.165) is 0 Å². The molecule has 0 aliphatic carbocycles. The molecular weight excluding hydrogens is 153 g/mol. The second-order valence-electron chi connectivity index (χ2n) is 2.59. The highest BCUT2D eigenvalue weighted by Crippen LogP contribution is 2.25. The molecule has 3 nitrogen and oxygen atoms in total. The Kier molecular flexibility index (Phi) is 1.53. The van der Waals surface area contributed by atoms with Gasteiger partial charge in [-0.1, -0.05) is 11.5 Å². The van der Waals surface area contributed by atoms with Gasteiger partial charge in [0.05, 0.1) is 5.69 Å². The van der Waals surface area contributed by atoms with Gasteiger partial charge >= 0.3 is 0 Å². The zero-order chi connectivity index (χ0) is 8.55. The number of hydrogen-bond donors (Lipinski definition) is 1. The first kappa shape index (κ1) is 7.22. The number of carbonyl (C=O) groups is 1. The minimum atomic E-state index is -0.145. The predicted molar refractivity (Wildman–Crippen MR) is 46.0 cm³/mol. The van der Waals surface area contributed by atoms with Crippen molar-refractivity contribution in [2.75, 3.05) is 11.9 Å². The molecule has 1 aromatic carbocycles. The maximum absolute atomic E-state index is 10.9. The van der Waals surface area contributed by atoms with Crippen LogP contribution in [0.25, 0.3) is 0 Å². The molecule has 2 rings (SSSR count).